The lowest BCUT2D eigenvalue weighted by Gasteiger charge is -1.95. The second kappa shape index (κ2) is 5.15. The Labute approximate surface area is 124 Å². The van der Waals surface area contributed by atoms with Crippen molar-refractivity contribution >= 4 is 23.2 Å². The third-order valence-corrected chi connectivity index (χ3v) is 3.28. The van der Waals surface area contributed by atoms with Crippen LogP contribution >= 0.6 is 23.2 Å². The number of H-pyrrole nitrogens is 1. The molecule has 0 bridgehead atoms. The van der Waals surface area contributed by atoms with Crippen molar-refractivity contribution in [3.05, 3.63) is 69.1 Å². The number of aromatic nitrogens is 2. The summed E-state index contributed by atoms with van der Waals surface area (Å²) in [6.07, 6.45) is 0. The molecule has 0 aliphatic rings. The fourth-order valence-electron chi connectivity index (χ4n) is 1.85. The smallest absolute Gasteiger partial charge is 0.348 e. The third-order valence-electron chi connectivity index (χ3n) is 2.77. The molecule has 1 aromatic heterocycles. The van der Waals surface area contributed by atoms with Gasteiger partial charge in [-0.05, 0) is 41.1 Å². The van der Waals surface area contributed by atoms with Crippen molar-refractivity contribution in [2.45, 2.75) is 0 Å². The zero-order valence-corrected chi connectivity index (χ0v) is 11.7. The summed E-state index contributed by atoms with van der Waals surface area (Å²) in [7, 11) is 0. The second-order valence-corrected chi connectivity index (χ2v) is 5.00. The van der Waals surface area contributed by atoms with Gasteiger partial charge >= 0.3 is 11.6 Å². The average molecular weight is 308 g/mol. The summed E-state index contributed by atoms with van der Waals surface area (Å²) in [5.74, 6) is -0.140. The first-order chi connectivity index (χ1) is 9.63. The van der Waals surface area contributed by atoms with Crippen molar-refractivity contribution in [2.75, 3.05) is 0 Å². The van der Waals surface area contributed by atoms with Gasteiger partial charge in [0.2, 0.25) is 5.69 Å². The summed E-state index contributed by atoms with van der Waals surface area (Å²) < 4.78 is 6.76. The maximum atomic E-state index is 11.5. The van der Waals surface area contributed by atoms with E-state index >= 15 is 0 Å². The van der Waals surface area contributed by atoms with Crippen LogP contribution in [0.25, 0.3) is 17.1 Å². The van der Waals surface area contributed by atoms with Crippen LogP contribution in [-0.2, 0) is 0 Å². The van der Waals surface area contributed by atoms with Crippen LogP contribution in [0.5, 0.6) is 0 Å². The molecule has 3 aromatic rings. The number of hydrogen-bond acceptors (Lipinski definition) is 2. The van der Waals surface area contributed by atoms with E-state index in [1.807, 2.05) is 0 Å². The fourth-order valence-corrected chi connectivity index (χ4v) is 2.10. The van der Waals surface area contributed by atoms with Crippen LogP contribution in [0.1, 0.15) is 0 Å². The van der Waals surface area contributed by atoms with Crippen molar-refractivity contribution in [1.82, 2.24) is 5.10 Å². The van der Waals surface area contributed by atoms with Gasteiger partial charge in [0, 0.05) is 22.2 Å². The first kappa shape index (κ1) is 13.0. The Morgan fingerprint density at radius 3 is 2.05 bits per heavy atom. The van der Waals surface area contributed by atoms with Gasteiger partial charge in [-0.2, -0.15) is 0 Å². The molecule has 1 N–H and O–H groups in total. The normalized spacial score (nSPS) is 10.7. The maximum absolute atomic E-state index is 11.5. The molecule has 0 saturated carbocycles. The van der Waals surface area contributed by atoms with Gasteiger partial charge in [0.25, 0.3) is 0 Å². The number of nitrogens with one attached hydrogen (secondary N) is 1. The molecule has 1 heterocycles. The Hall–Kier alpha value is -2.04. The van der Waals surface area contributed by atoms with Crippen molar-refractivity contribution in [1.29, 1.82) is 0 Å². The van der Waals surface area contributed by atoms with E-state index in [1.165, 1.54) is 0 Å². The van der Waals surface area contributed by atoms with Crippen LogP contribution in [0.4, 0.5) is 0 Å². The summed E-state index contributed by atoms with van der Waals surface area (Å²) in [4.78, 5) is 11.5. The summed E-state index contributed by atoms with van der Waals surface area (Å²) in [6.45, 7) is 0. The van der Waals surface area contributed by atoms with E-state index in [9.17, 15) is 4.79 Å². The highest BCUT2D eigenvalue weighted by molar-refractivity contribution is 6.30. The molecule has 20 heavy (non-hydrogen) atoms. The Morgan fingerprint density at radius 1 is 0.900 bits per heavy atom. The zero-order chi connectivity index (χ0) is 14.1. The molecule has 0 aliphatic carbocycles. The minimum atomic E-state index is -0.537. The quantitative estimate of drug-likeness (QED) is 0.739. The highest BCUT2D eigenvalue weighted by atomic mass is 35.5. The van der Waals surface area contributed by atoms with Gasteiger partial charge < -0.3 is 4.42 Å². The summed E-state index contributed by atoms with van der Waals surface area (Å²) in [5.41, 5.74) is 1.48. The van der Waals surface area contributed by atoms with E-state index in [0.717, 1.165) is 11.3 Å². The Balaban J connectivity index is 2.15. The van der Waals surface area contributed by atoms with Gasteiger partial charge in [0.05, 0.1) is 5.56 Å². The van der Waals surface area contributed by atoms with Crippen molar-refractivity contribution in [2.24, 2.45) is 0 Å². The van der Waals surface area contributed by atoms with Crippen LogP contribution < -0.4 is 10.4 Å². The predicted octanol–water partition coefficient (Wildman–Crippen LogP) is 3.22. The third kappa shape index (κ3) is 2.48. The molecule has 2 aromatic carbocycles. The van der Waals surface area contributed by atoms with Crippen LogP contribution in [0, 0.1) is 0 Å². The standard InChI is InChI=1S/C14H8Cl2N2O2/c15-10-3-1-9(2-4-10)13-18(17-14(19)20-13)12-7-5-11(16)6-8-12/h1-8H/p+1. The van der Waals surface area contributed by atoms with Gasteiger partial charge in [-0.15, -0.1) is 0 Å². The molecule has 0 fully saturated rings. The first-order valence-electron chi connectivity index (χ1n) is 5.80. The topological polar surface area (TPSA) is 49.9 Å². The highest BCUT2D eigenvalue weighted by Gasteiger charge is 2.23. The van der Waals surface area contributed by atoms with Crippen LogP contribution in [0.3, 0.4) is 0 Å². The molecule has 3 rings (SSSR count). The Bertz CT molecular complexity index is 723. The van der Waals surface area contributed by atoms with Crippen molar-refractivity contribution < 1.29 is 9.10 Å². The molecule has 0 unspecified atom stereocenters. The van der Waals surface area contributed by atoms with Gasteiger partial charge in [0.1, 0.15) is 0 Å². The molecule has 0 atom stereocenters. The molecule has 0 spiro atoms. The van der Waals surface area contributed by atoms with Crippen molar-refractivity contribution in [3.63, 3.8) is 0 Å². The minimum Gasteiger partial charge on any atom is -0.348 e. The molecule has 0 radical (unpaired) electrons. The van der Waals surface area contributed by atoms with Gasteiger partial charge in [-0.1, -0.05) is 28.3 Å². The second-order valence-electron chi connectivity index (χ2n) is 4.13. The highest BCUT2D eigenvalue weighted by Crippen LogP contribution is 2.19. The van der Waals surface area contributed by atoms with Gasteiger partial charge in [0.15, 0.2) is 0 Å². The van der Waals surface area contributed by atoms with E-state index < -0.39 is 5.76 Å². The number of hydrogen-bond donors (Lipinski definition) is 1. The molecular weight excluding hydrogens is 299 g/mol. The van der Waals surface area contributed by atoms with E-state index in [1.54, 1.807) is 53.2 Å². The van der Waals surface area contributed by atoms with Crippen LogP contribution in [0.2, 0.25) is 10.0 Å². The van der Waals surface area contributed by atoms with Crippen LogP contribution in [-0.4, -0.2) is 5.10 Å². The summed E-state index contributed by atoms with van der Waals surface area (Å²) in [6, 6.07) is 14.1. The van der Waals surface area contributed by atoms with Crippen LogP contribution in [0.15, 0.2) is 57.7 Å². The average Bonchev–Trinajstić information content (AvgIpc) is 2.82. The van der Waals surface area contributed by atoms with E-state index in [0.29, 0.717) is 15.9 Å². The van der Waals surface area contributed by atoms with Gasteiger partial charge in [-0.3, -0.25) is 0 Å². The summed E-state index contributed by atoms with van der Waals surface area (Å²) >= 11 is 11.7. The molecule has 0 saturated heterocycles. The molecule has 6 heteroatoms. The summed E-state index contributed by atoms with van der Waals surface area (Å²) in [5, 5.41) is 3.85. The molecule has 0 aliphatic heterocycles. The lowest BCUT2D eigenvalue weighted by atomic mass is 10.2. The largest absolute Gasteiger partial charge is 0.471 e. The van der Waals surface area contributed by atoms with E-state index in [4.69, 9.17) is 27.6 Å². The number of aromatic amines is 1. The Kier molecular flexibility index (Phi) is 3.34. The van der Waals surface area contributed by atoms with E-state index in [-0.39, 0.29) is 0 Å². The molecule has 0 amide bonds. The predicted molar refractivity (Wildman–Crippen MR) is 76.3 cm³/mol. The Morgan fingerprint density at radius 2 is 1.45 bits per heavy atom. The lowest BCUT2D eigenvalue weighted by Crippen LogP contribution is -2.36. The number of nitrogens with zero attached hydrogens (tertiary/aromatic N) is 1. The number of rotatable bonds is 2. The number of benzene rings is 2. The van der Waals surface area contributed by atoms with Crippen molar-refractivity contribution in [3.8, 4) is 17.1 Å². The van der Waals surface area contributed by atoms with E-state index in [2.05, 4.69) is 5.10 Å². The minimum absolute atomic E-state index is 0.397. The molecular formula is C14H9Cl2N2O2+. The van der Waals surface area contributed by atoms with Gasteiger partial charge in [-0.25, -0.2) is 4.79 Å². The molecule has 100 valence electrons. The number of halogens is 2. The lowest BCUT2D eigenvalue weighted by molar-refractivity contribution is -0.649. The zero-order valence-electron chi connectivity index (χ0n) is 10.1. The fraction of sp³-hybridized carbons (Fsp3) is 0. The monoisotopic (exact) mass is 307 g/mol. The first-order valence-corrected chi connectivity index (χ1v) is 6.56. The maximum Gasteiger partial charge on any atom is 0.471 e. The SMILES string of the molecule is O=c1[nH][n+](-c2ccc(Cl)cc2)c(-c2ccc(Cl)cc2)o1. The molecule has 4 nitrogen and oxygen atoms in total.